The number of piperidine rings is 2. The van der Waals surface area contributed by atoms with Crippen molar-refractivity contribution in [1.29, 1.82) is 0 Å². The van der Waals surface area contributed by atoms with Crippen molar-refractivity contribution in [1.82, 2.24) is 14.8 Å². The smallest absolute Gasteiger partial charge is 0.255 e. The summed E-state index contributed by atoms with van der Waals surface area (Å²) in [6.07, 6.45) is 4.66. The van der Waals surface area contributed by atoms with Crippen LogP contribution in [0.5, 0.6) is 5.75 Å². The van der Waals surface area contributed by atoms with Crippen molar-refractivity contribution in [3.8, 4) is 5.75 Å². The molecule has 3 aromatic rings. The Labute approximate surface area is 244 Å². The molecule has 0 spiro atoms. The largest absolute Gasteiger partial charge is 0.497 e. The Morgan fingerprint density at radius 2 is 1.50 bits per heavy atom. The third-order valence-electron chi connectivity index (χ3n) is 8.33. The number of carbonyl (C=O) groups excluding carboxylic acids is 3. The monoisotopic (exact) mass is 575 g/mol. The first-order valence-electron chi connectivity index (χ1n) is 14.4. The number of rotatable bonds is 9. The summed E-state index contributed by atoms with van der Waals surface area (Å²) in [5, 5.41) is 0. The van der Waals surface area contributed by atoms with Gasteiger partial charge in [0.2, 0.25) is 0 Å². The molecule has 9 heteroatoms. The van der Waals surface area contributed by atoms with E-state index in [9.17, 15) is 23.2 Å². The normalized spacial score (nSPS) is 16.8. The van der Waals surface area contributed by atoms with E-state index in [2.05, 4.69) is 9.88 Å². The molecule has 2 fully saturated rings. The molecule has 0 aliphatic carbocycles. The summed E-state index contributed by atoms with van der Waals surface area (Å²) in [7, 11) is 1.58. The van der Waals surface area contributed by atoms with E-state index in [1.165, 1.54) is 18.3 Å². The summed E-state index contributed by atoms with van der Waals surface area (Å²) >= 11 is 0. The first-order chi connectivity index (χ1) is 20.3. The Balaban J connectivity index is 1.07. The highest BCUT2D eigenvalue weighted by atomic mass is 19.1. The van der Waals surface area contributed by atoms with Crippen LogP contribution in [0.15, 0.2) is 60.8 Å². The van der Waals surface area contributed by atoms with Gasteiger partial charge in [0.1, 0.15) is 23.1 Å². The second kappa shape index (κ2) is 13.3. The molecule has 3 heterocycles. The van der Waals surface area contributed by atoms with Crippen LogP contribution in [-0.2, 0) is 6.54 Å². The van der Waals surface area contributed by atoms with E-state index < -0.39 is 11.6 Å². The van der Waals surface area contributed by atoms with Gasteiger partial charge in [0.05, 0.1) is 12.7 Å². The van der Waals surface area contributed by atoms with Gasteiger partial charge in [0.25, 0.3) is 5.91 Å². The Hall–Kier alpha value is -3.98. The van der Waals surface area contributed by atoms with E-state index >= 15 is 0 Å². The number of methoxy groups -OCH3 is 1. The summed E-state index contributed by atoms with van der Waals surface area (Å²) in [6.45, 7) is 2.94. The minimum Gasteiger partial charge on any atom is -0.497 e. The highest BCUT2D eigenvalue weighted by Gasteiger charge is 2.29. The van der Waals surface area contributed by atoms with Crippen molar-refractivity contribution in [2.24, 2.45) is 11.8 Å². The maximum Gasteiger partial charge on any atom is 0.255 e. The van der Waals surface area contributed by atoms with Crippen LogP contribution in [0.4, 0.5) is 8.78 Å². The second-order valence-corrected chi connectivity index (χ2v) is 11.2. The first kappa shape index (κ1) is 29.5. The van der Waals surface area contributed by atoms with Crippen LogP contribution in [0.25, 0.3) is 0 Å². The van der Waals surface area contributed by atoms with E-state index in [4.69, 9.17) is 4.74 Å². The van der Waals surface area contributed by atoms with Crippen molar-refractivity contribution < 1.29 is 27.9 Å². The number of benzene rings is 2. The number of ether oxygens (including phenoxy) is 1. The van der Waals surface area contributed by atoms with Gasteiger partial charge in [-0.15, -0.1) is 0 Å². The summed E-state index contributed by atoms with van der Waals surface area (Å²) in [6, 6.07) is 13.9. The van der Waals surface area contributed by atoms with Gasteiger partial charge in [0.15, 0.2) is 11.6 Å². The minimum atomic E-state index is -0.576. The lowest BCUT2D eigenvalue weighted by molar-refractivity contribution is 0.0649. The van der Waals surface area contributed by atoms with Crippen LogP contribution in [0.1, 0.15) is 68.9 Å². The number of nitrogens with zero attached hydrogens (tertiary/aromatic N) is 3. The zero-order chi connectivity index (χ0) is 29.6. The van der Waals surface area contributed by atoms with Crippen LogP contribution in [0.3, 0.4) is 0 Å². The molecule has 0 atom stereocenters. The zero-order valence-corrected chi connectivity index (χ0v) is 23.7. The quantitative estimate of drug-likeness (QED) is 0.310. The van der Waals surface area contributed by atoms with Crippen LogP contribution in [-0.4, -0.2) is 65.5 Å². The van der Waals surface area contributed by atoms with Crippen molar-refractivity contribution in [2.45, 2.75) is 38.6 Å². The molecule has 7 nitrogen and oxygen atoms in total. The number of carbonyl (C=O) groups is 3. The topological polar surface area (TPSA) is 79.8 Å². The molecule has 0 saturated carbocycles. The molecule has 0 unspecified atom stereocenters. The molecule has 0 N–H and O–H groups in total. The third kappa shape index (κ3) is 7.26. The molecule has 1 aromatic heterocycles. The highest BCUT2D eigenvalue weighted by molar-refractivity contribution is 5.99. The number of hydrogen-bond acceptors (Lipinski definition) is 6. The number of amides is 1. The van der Waals surface area contributed by atoms with Gasteiger partial charge in [-0.2, -0.15) is 0 Å². The molecule has 0 radical (unpaired) electrons. The lowest BCUT2D eigenvalue weighted by atomic mass is 9.88. The summed E-state index contributed by atoms with van der Waals surface area (Å²) in [5.74, 6) is -0.492. The average molecular weight is 576 g/mol. The summed E-state index contributed by atoms with van der Waals surface area (Å²) in [5.41, 5.74) is 2.02. The molecule has 2 aromatic carbocycles. The molecule has 5 rings (SSSR count). The van der Waals surface area contributed by atoms with Gasteiger partial charge in [-0.3, -0.25) is 24.3 Å². The number of pyridine rings is 1. The van der Waals surface area contributed by atoms with Crippen LogP contribution in [0.2, 0.25) is 0 Å². The molecule has 1 amide bonds. The molecule has 2 saturated heterocycles. The lowest BCUT2D eigenvalue weighted by Crippen LogP contribution is -2.40. The first-order valence-corrected chi connectivity index (χ1v) is 14.4. The Kier molecular flexibility index (Phi) is 9.37. The van der Waals surface area contributed by atoms with Gasteiger partial charge in [-0.1, -0.05) is 0 Å². The maximum absolute atomic E-state index is 13.5. The fourth-order valence-electron chi connectivity index (χ4n) is 5.88. The molecular formula is C33H35F2N3O4. The van der Waals surface area contributed by atoms with Gasteiger partial charge in [-0.05, 0) is 98.8 Å². The fraction of sp³-hybridized carbons (Fsp3) is 0.394. The van der Waals surface area contributed by atoms with E-state index in [0.29, 0.717) is 67.0 Å². The van der Waals surface area contributed by atoms with Crippen molar-refractivity contribution in [2.75, 3.05) is 33.3 Å². The van der Waals surface area contributed by atoms with Gasteiger partial charge < -0.3 is 9.64 Å². The van der Waals surface area contributed by atoms with Crippen LogP contribution < -0.4 is 4.74 Å². The van der Waals surface area contributed by atoms with E-state index in [-0.39, 0.29) is 29.3 Å². The number of likely N-dealkylation sites (tertiary alicyclic amines) is 2. The van der Waals surface area contributed by atoms with Crippen molar-refractivity contribution in [3.63, 3.8) is 0 Å². The lowest BCUT2D eigenvalue weighted by Gasteiger charge is -2.31. The standard InChI is InChI=1S/C33H35F2N3O4/c1-42-29-5-2-24(3-6-29)32(40)25-10-14-38(15-11-25)33(41)26-4-7-30(36-20-26)31(39)18-22-8-12-37(13-9-22)21-23-16-27(34)19-28(35)17-23/h2-7,16-17,19-20,22,25H,8-15,18,21H2,1H3. The predicted molar refractivity (Wildman–Crippen MR) is 153 cm³/mol. The fourth-order valence-corrected chi connectivity index (χ4v) is 5.88. The van der Waals surface area contributed by atoms with E-state index in [0.717, 1.165) is 32.0 Å². The Morgan fingerprint density at radius 1 is 0.857 bits per heavy atom. The molecule has 0 bridgehead atoms. The third-order valence-corrected chi connectivity index (χ3v) is 8.33. The Morgan fingerprint density at radius 3 is 2.10 bits per heavy atom. The van der Waals surface area contributed by atoms with Crippen molar-refractivity contribution in [3.05, 3.63) is 94.8 Å². The number of halogens is 2. The van der Waals surface area contributed by atoms with Crippen LogP contribution >= 0.6 is 0 Å². The molecule has 2 aliphatic heterocycles. The Bertz CT molecular complexity index is 1390. The number of Topliss-reactive ketones (excluding diaryl/α,β-unsaturated/α-hetero) is 2. The number of hydrogen-bond donors (Lipinski definition) is 0. The van der Waals surface area contributed by atoms with Gasteiger partial charge >= 0.3 is 0 Å². The SMILES string of the molecule is COc1ccc(C(=O)C2CCN(C(=O)c3ccc(C(=O)CC4CCN(Cc5cc(F)cc(F)c5)CC4)nc3)CC2)cc1. The van der Waals surface area contributed by atoms with E-state index in [1.807, 2.05) is 0 Å². The molecule has 220 valence electrons. The van der Waals surface area contributed by atoms with E-state index in [1.54, 1.807) is 48.4 Å². The van der Waals surface area contributed by atoms with Crippen LogP contribution in [0, 0.1) is 23.5 Å². The predicted octanol–water partition coefficient (Wildman–Crippen LogP) is 5.59. The number of aromatic nitrogens is 1. The second-order valence-electron chi connectivity index (χ2n) is 11.2. The summed E-state index contributed by atoms with van der Waals surface area (Å²) in [4.78, 5) is 47.0. The molecule has 2 aliphatic rings. The van der Waals surface area contributed by atoms with Crippen molar-refractivity contribution >= 4 is 17.5 Å². The molecular weight excluding hydrogens is 540 g/mol. The van der Waals surface area contributed by atoms with Gasteiger partial charge in [0, 0.05) is 49.8 Å². The van der Waals surface area contributed by atoms with Gasteiger partial charge in [-0.25, -0.2) is 8.78 Å². The molecule has 42 heavy (non-hydrogen) atoms. The number of ketones is 2. The average Bonchev–Trinajstić information content (AvgIpc) is 3.01. The maximum atomic E-state index is 13.5. The summed E-state index contributed by atoms with van der Waals surface area (Å²) < 4.78 is 32.1. The minimum absolute atomic E-state index is 0.0579. The highest BCUT2D eigenvalue weighted by Crippen LogP contribution is 2.26. The zero-order valence-electron chi connectivity index (χ0n) is 23.7.